The third-order valence-corrected chi connectivity index (χ3v) is 5.81. The van der Waals surface area contributed by atoms with E-state index in [0.29, 0.717) is 0 Å². The molecule has 6 rings (SSSR count). The summed E-state index contributed by atoms with van der Waals surface area (Å²) in [6, 6.07) is 35.9. The molecule has 0 amide bonds. The van der Waals surface area contributed by atoms with Crippen molar-refractivity contribution in [2.75, 3.05) is 0 Å². The lowest BCUT2D eigenvalue weighted by atomic mass is 9.97. The smallest absolute Gasteiger partial charge is 0.101 e. The molecule has 0 spiro atoms. The Labute approximate surface area is 174 Å². The summed E-state index contributed by atoms with van der Waals surface area (Å²) in [4.78, 5) is 0. The minimum Gasteiger partial charge on any atom is -0.158 e. The highest BCUT2D eigenvalue weighted by atomic mass is 15.2. The minimum atomic E-state index is 0.932. The van der Waals surface area contributed by atoms with Crippen LogP contribution in [0.5, 0.6) is 0 Å². The first-order valence-electron chi connectivity index (χ1n) is 10.1. The minimum absolute atomic E-state index is 0.932. The Bertz CT molecular complexity index is 1390. The van der Waals surface area contributed by atoms with E-state index < -0.39 is 0 Å². The first kappa shape index (κ1) is 16.9. The van der Waals surface area contributed by atoms with Gasteiger partial charge >= 0.3 is 0 Å². The van der Waals surface area contributed by atoms with Gasteiger partial charge in [0.15, 0.2) is 0 Å². The average Bonchev–Trinajstić information content (AvgIpc) is 3.12. The van der Waals surface area contributed by atoms with Crippen LogP contribution in [0.2, 0.25) is 0 Å². The van der Waals surface area contributed by atoms with Crippen molar-refractivity contribution < 1.29 is 0 Å². The van der Waals surface area contributed by atoms with Crippen molar-refractivity contribution >= 4 is 33.5 Å². The van der Waals surface area contributed by atoms with Crippen LogP contribution in [0, 0.1) is 0 Å². The van der Waals surface area contributed by atoms with Crippen LogP contribution in [-0.2, 0) is 0 Å². The summed E-state index contributed by atoms with van der Waals surface area (Å²) >= 11 is 0. The Balaban J connectivity index is 1.53. The molecule has 1 aliphatic rings. The molecular weight excluding hydrogens is 364 g/mol. The number of hydrogen-bond donors (Lipinski definition) is 0. The molecular formula is C28H18N2. The van der Waals surface area contributed by atoms with Crippen LogP contribution in [-0.4, -0.2) is 11.9 Å². The van der Waals surface area contributed by atoms with Crippen molar-refractivity contribution in [2.45, 2.75) is 0 Å². The fourth-order valence-corrected chi connectivity index (χ4v) is 4.43. The summed E-state index contributed by atoms with van der Waals surface area (Å²) in [6.45, 7) is 0. The van der Waals surface area contributed by atoms with E-state index in [1.807, 2.05) is 6.21 Å². The molecule has 0 aliphatic heterocycles. The molecule has 30 heavy (non-hydrogen) atoms. The zero-order chi connectivity index (χ0) is 19.9. The topological polar surface area (TPSA) is 24.7 Å². The third kappa shape index (κ3) is 2.58. The molecule has 0 saturated heterocycles. The van der Waals surface area contributed by atoms with Crippen molar-refractivity contribution in [3.63, 3.8) is 0 Å². The zero-order valence-corrected chi connectivity index (χ0v) is 16.3. The first-order valence-corrected chi connectivity index (χ1v) is 10.1. The van der Waals surface area contributed by atoms with Crippen molar-refractivity contribution in [1.29, 1.82) is 0 Å². The maximum Gasteiger partial charge on any atom is 0.101 e. The van der Waals surface area contributed by atoms with Crippen molar-refractivity contribution in [3.8, 4) is 11.1 Å². The molecule has 0 atom stereocenters. The summed E-state index contributed by atoms with van der Waals surface area (Å²) in [6.07, 6.45) is 1.90. The highest BCUT2D eigenvalue weighted by Gasteiger charge is 2.23. The SMILES string of the molecule is C(=NN=C1c2ccccc2-c2ccccc21)c1c2ccccc2cc2ccccc12. The van der Waals surface area contributed by atoms with E-state index in [1.54, 1.807) is 0 Å². The largest absolute Gasteiger partial charge is 0.158 e. The summed E-state index contributed by atoms with van der Waals surface area (Å²) in [5.41, 5.74) is 6.75. The summed E-state index contributed by atoms with van der Waals surface area (Å²) in [7, 11) is 0. The van der Waals surface area contributed by atoms with Crippen molar-refractivity contribution in [1.82, 2.24) is 0 Å². The lowest BCUT2D eigenvalue weighted by molar-refractivity contribution is 1.25. The molecule has 0 N–H and O–H groups in total. The second kappa shape index (κ2) is 6.78. The second-order valence-electron chi connectivity index (χ2n) is 7.52. The van der Waals surface area contributed by atoms with E-state index >= 15 is 0 Å². The summed E-state index contributed by atoms with van der Waals surface area (Å²) in [5, 5.41) is 14.1. The normalized spacial score (nSPS) is 12.5. The quantitative estimate of drug-likeness (QED) is 0.178. The lowest BCUT2D eigenvalue weighted by Gasteiger charge is -2.07. The van der Waals surface area contributed by atoms with Gasteiger partial charge in [-0.25, -0.2) is 0 Å². The lowest BCUT2D eigenvalue weighted by Crippen LogP contribution is -1.97. The van der Waals surface area contributed by atoms with Crippen LogP contribution in [0.15, 0.2) is 113 Å². The van der Waals surface area contributed by atoms with Gasteiger partial charge in [-0.05, 0) is 38.7 Å². The fourth-order valence-electron chi connectivity index (χ4n) is 4.43. The molecule has 5 aromatic carbocycles. The van der Waals surface area contributed by atoms with Crippen LogP contribution in [0.25, 0.3) is 32.7 Å². The molecule has 0 radical (unpaired) electrons. The summed E-state index contributed by atoms with van der Waals surface area (Å²) in [5.74, 6) is 0. The van der Waals surface area contributed by atoms with E-state index in [1.165, 1.54) is 32.7 Å². The first-order chi connectivity index (χ1) is 14.9. The van der Waals surface area contributed by atoms with Gasteiger partial charge in [0.05, 0.1) is 6.21 Å². The Morgan fingerprint density at radius 1 is 0.500 bits per heavy atom. The predicted molar refractivity (Wildman–Crippen MR) is 127 cm³/mol. The van der Waals surface area contributed by atoms with E-state index in [9.17, 15) is 0 Å². The molecule has 1 aliphatic carbocycles. The molecule has 2 heteroatoms. The van der Waals surface area contributed by atoms with Crippen LogP contribution in [0.3, 0.4) is 0 Å². The van der Waals surface area contributed by atoms with E-state index in [-0.39, 0.29) is 0 Å². The predicted octanol–water partition coefficient (Wildman–Crippen LogP) is 6.84. The van der Waals surface area contributed by atoms with Gasteiger partial charge in [0.2, 0.25) is 0 Å². The number of nitrogens with zero attached hydrogens (tertiary/aromatic N) is 2. The Hall–Kier alpha value is -4.04. The highest BCUT2D eigenvalue weighted by Crippen LogP contribution is 2.36. The van der Waals surface area contributed by atoms with Crippen LogP contribution in [0.1, 0.15) is 16.7 Å². The monoisotopic (exact) mass is 382 g/mol. The van der Waals surface area contributed by atoms with Gasteiger partial charge in [0, 0.05) is 16.7 Å². The number of fused-ring (bicyclic) bond motifs is 5. The van der Waals surface area contributed by atoms with Crippen LogP contribution < -0.4 is 0 Å². The Morgan fingerprint density at radius 3 is 1.53 bits per heavy atom. The number of benzene rings is 5. The maximum atomic E-state index is 4.70. The molecule has 2 nitrogen and oxygen atoms in total. The molecule has 0 unspecified atom stereocenters. The van der Waals surface area contributed by atoms with Gasteiger partial charge in [-0.15, -0.1) is 5.10 Å². The van der Waals surface area contributed by atoms with Gasteiger partial charge in [-0.2, -0.15) is 5.10 Å². The Morgan fingerprint density at radius 2 is 0.967 bits per heavy atom. The van der Waals surface area contributed by atoms with Crippen LogP contribution in [0.4, 0.5) is 0 Å². The molecule has 140 valence electrons. The van der Waals surface area contributed by atoms with Crippen molar-refractivity contribution in [3.05, 3.63) is 120 Å². The van der Waals surface area contributed by atoms with Gasteiger partial charge < -0.3 is 0 Å². The van der Waals surface area contributed by atoms with Gasteiger partial charge in [0.25, 0.3) is 0 Å². The number of rotatable bonds is 2. The molecule has 0 heterocycles. The molecule has 5 aromatic rings. The second-order valence-corrected chi connectivity index (χ2v) is 7.52. The van der Waals surface area contributed by atoms with Crippen molar-refractivity contribution in [2.24, 2.45) is 10.2 Å². The molecule has 0 fully saturated rings. The maximum absolute atomic E-state index is 4.70. The average molecular weight is 382 g/mol. The number of hydrogen-bond acceptors (Lipinski definition) is 2. The van der Waals surface area contributed by atoms with Crippen LogP contribution >= 0.6 is 0 Å². The standard InChI is InChI=1S/C28H18N2/c1-3-11-21-19(9-1)17-20-10-2-4-12-22(20)27(21)18-29-30-28-25-15-7-5-13-23(25)24-14-6-8-16-26(24)28/h1-18H. The molecule has 0 saturated carbocycles. The van der Waals surface area contributed by atoms with E-state index in [4.69, 9.17) is 5.10 Å². The zero-order valence-electron chi connectivity index (χ0n) is 16.3. The van der Waals surface area contributed by atoms with Gasteiger partial charge in [-0.3, -0.25) is 0 Å². The van der Waals surface area contributed by atoms with Gasteiger partial charge in [0.1, 0.15) is 5.71 Å². The van der Waals surface area contributed by atoms with E-state index in [2.05, 4.69) is 108 Å². The third-order valence-electron chi connectivity index (χ3n) is 5.81. The summed E-state index contributed by atoms with van der Waals surface area (Å²) < 4.78 is 0. The molecule has 0 aromatic heterocycles. The molecule has 0 bridgehead atoms. The van der Waals surface area contributed by atoms with E-state index in [0.717, 1.165) is 22.4 Å². The highest BCUT2D eigenvalue weighted by molar-refractivity contribution is 6.24. The Kier molecular flexibility index (Phi) is 3.82. The fraction of sp³-hybridized carbons (Fsp3) is 0. The van der Waals surface area contributed by atoms with Gasteiger partial charge in [-0.1, -0.05) is 97.1 Å².